The summed E-state index contributed by atoms with van der Waals surface area (Å²) >= 11 is 0. The molecule has 1 saturated carbocycles. The number of amides is 3. The number of hydrogen-bond donors (Lipinski definition) is 2. The topological polar surface area (TPSA) is 104 Å². The van der Waals surface area contributed by atoms with Crippen LogP contribution < -0.4 is 5.73 Å². The van der Waals surface area contributed by atoms with E-state index in [1.54, 1.807) is 0 Å². The van der Waals surface area contributed by atoms with Gasteiger partial charge in [0.15, 0.2) is 0 Å². The van der Waals surface area contributed by atoms with Gasteiger partial charge in [0.1, 0.15) is 13.1 Å². The van der Waals surface area contributed by atoms with Gasteiger partial charge in [0.2, 0.25) is 5.91 Å². The summed E-state index contributed by atoms with van der Waals surface area (Å²) in [5.41, 5.74) is 5.13. The molecule has 7 heteroatoms. The molecule has 3 N–H and O–H groups in total. The molecule has 3 amide bonds. The van der Waals surface area contributed by atoms with Gasteiger partial charge in [-0.3, -0.25) is 9.59 Å². The maximum atomic E-state index is 12.3. The van der Waals surface area contributed by atoms with E-state index in [0.717, 1.165) is 12.8 Å². The molecule has 1 fully saturated rings. The molecule has 0 atom stereocenters. The Hall–Kier alpha value is -1.79. The minimum atomic E-state index is -1.05. The average molecular weight is 271 g/mol. The number of carboxylic acids is 1. The van der Waals surface area contributed by atoms with Crippen LogP contribution in [-0.4, -0.2) is 58.5 Å². The Kier molecular flexibility index (Phi) is 5.14. The standard InChI is InChI=1S/C12H21N3O4/c1-8(2)5-14(6-10(13)16)12(19)15(7-11(17)18)9-3-4-9/h8-9H,3-7H2,1-2H3,(H2,13,16)(H,17,18). The molecule has 0 aromatic carbocycles. The Morgan fingerprint density at radius 2 is 1.84 bits per heavy atom. The van der Waals surface area contributed by atoms with E-state index in [9.17, 15) is 14.4 Å². The number of carbonyl (C=O) groups is 3. The molecule has 108 valence electrons. The third-order valence-corrected chi connectivity index (χ3v) is 2.74. The van der Waals surface area contributed by atoms with Gasteiger partial charge in [-0.15, -0.1) is 0 Å². The van der Waals surface area contributed by atoms with Crippen LogP contribution in [0.4, 0.5) is 4.79 Å². The van der Waals surface area contributed by atoms with E-state index in [4.69, 9.17) is 10.8 Å². The molecule has 0 aliphatic heterocycles. The van der Waals surface area contributed by atoms with Crippen molar-refractivity contribution >= 4 is 17.9 Å². The number of aliphatic carboxylic acids is 1. The van der Waals surface area contributed by atoms with Gasteiger partial charge in [-0.2, -0.15) is 0 Å². The molecule has 0 spiro atoms. The number of carbonyl (C=O) groups excluding carboxylic acids is 2. The highest BCUT2D eigenvalue weighted by atomic mass is 16.4. The number of hydrogen-bond acceptors (Lipinski definition) is 3. The van der Waals surface area contributed by atoms with Crippen LogP contribution in [0.15, 0.2) is 0 Å². The van der Waals surface area contributed by atoms with Crippen LogP contribution in [0.2, 0.25) is 0 Å². The second-order valence-electron chi connectivity index (χ2n) is 5.28. The van der Waals surface area contributed by atoms with Crippen LogP contribution in [0.3, 0.4) is 0 Å². The first-order valence-corrected chi connectivity index (χ1v) is 6.37. The van der Waals surface area contributed by atoms with Gasteiger partial charge in [-0.05, 0) is 18.8 Å². The number of rotatable bonds is 7. The Morgan fingerprint density at radius 3 is 2.21 bits per heavy atom. The first-order chi connectivity index (χ1) is 8.81. The van der Waals surface area contributed by atoms with E-state index in [1.807, 2.05) is 13.8 Å². The molecule has 19 heavy (non-hydrogen) atoms. The zero-order valence-corrected chi connectivity index (χ0v) is 11.3. The summed E-state index contributed by atoms with van der Waals surface area (Å²) in [6.07, 6.45) is 1.62. The molecule has 1 aliphatic rings. The highest BCUT2D eigenvalue weighted by molar-refractivity contribution is 5.85. The monoisotopic (exact) mass is 271 g/mol. The van der Waals surface area contributed by atoms with Gasteiger partial charge in [0.25, 0.3) is 0 Å². The van der Waals surface area contributed by atoms with E-state index in [0.29, 0.717) is 6.54 Å². The van der Waals surface area contributed by atoms with Crippen LogP contribution in [-0.2, 0) is 9.59 Å². The number of nitrogens with two attached hydrogens (primary N) is 1. The molecular weight excluding hydrogens is 250 g/mol. The van der Waals surface area contributed by atoms with E-state index in [-0.39, 0.29) is 25.0 Å². The second-order valence-corrected chi connectivity index (χ2v) is 5.28. The zero-order valence-electron chi connectivity index (χ0n) is 11.3. The first kappa shape index (κ1) is 15.3. The number of carboxylic acid groups (broad SMARTS) is 1. The minimum Gasteiger partial charge on any atom is -0.480 e. The van der Waals surface area contributed by atoms with Crippen molar-refractivity contribution in [3.63, 3.8) is 0 Å². The predicted octanol–water partition coefficient (Wildman–Crippen LogP) is 0.0987. The van der Waals surface area contributed by atoms with Crippen molar-refractivity contribution in [1.82, 2.24) is 9.80 Å². The Balaban J connectivity index is 2.75. The van der Waals surface area contributed by atoms with Crippen LogP contribution in [0.5, 0.6) is 0 Å². The smallest absolute Gasteiger partial charge is 0.323 e. The summed E-state index contributed by atoms with van der Waals surface area (Å²) in [7, 11) is 0. The van der Waals surface area contributed by atoms with Crippen molar-refractivity contribution in [2.75, 3.05) is 19.6 Å². The zero-order chi connectivity index (χ0) is 14.6. The SMILES string of the molecule is CC(C)CN(CC(N)=O)C(=O)N(CC(=O)O)C1CC1. The Morgan fingerprint density at radius 1 is 1.26 bits per heavy atom. The molecule has 1 aliphatic carbocycles. The summed E-state index contributed by atoms with van der Waals surface area (Å²) in [5, 5.41) is 8.85. The molecule has 0 radical (unpaired) electrons. The first-order valence-electron chi connectivity index (χ1n) is 6.37. The lowest BCUT2D eigenvalue weighted by molar-refractivity contribution is -0.137. The average Bonchev–Trinajstić information content (AvgIpc) is 3.06. The number of urea groups is 1. The molecule has 1 rings (SSSR count). The quantitative estimate of drug-likeness (QED) is 0.685. The van der Waals surface area contributed by atoms with Gasteiger partial charge in [-0.1, -0.05) is 13.8 Å². The van der Waals surface area contributed by atoms with Crippen LogP contribution in [0, 0.1) is 5.92 Å². The van der Waals surface area contributed by atoms with Crippen molar-refractivity contribution in [3.8, 4) is 0 Å². The predicted molar refractivity (Wildman–Crippen MR) is 68.4 cm³/mol. The second kappa shape index (κ2) is 6.40. The molecule has 7 nitrogen and oxygen atoms in total. The summed E-state index contributed by atoms with van der Waals surface area (Å²) in [4.78, 5) is 36.8. The van der Waals surface area contributed by atoms with Crippen LogP contribution >= 0.6 is 0 Å². The van der Waals surface area contributed by atoms with Gasteiger partial charge in [0, 0.05) is 12.6 Å². The maximum absolute atomic E-state index is 12.3. The lowest BCUT2D eigenvalue weighted by atomic mass is 10.2. The molecule has 0 unspecified atom stereocenters. The fraction of sp³-hybridized carbons (Fsp3) is 0.750. The Bertz CT molecular complexity index is 366. The molecular formula is C12H21N3O4. The molecule has 0 heterocycles. The highest BCUT2D eigenvalue weighted by Crippen LogP contribution is 2.27. The van der Waals surface area contributed by atoms with E-state index < -0.39 is 17.9 Å². The third-order valence-electron chi connectivity index (χ3n) is 2.74. The lowest BCUT2D eigenvalue weighted by Gasteiger charge is -2.30. The summed E-state index contributed by atoms with van der Waals surface area (Å²) in [6, 6.07) is -0.441. The third kappa shape index (κ3) is 5.15. The lowest BCUT2D eigenvalue weighted by Crippen LogP contribution is -2.50. The van der Waals surface area contributed by atoms with Crippen molar-refractivity contribution < 1.29 is 19.5 Å². The normalized spacial score (nSPS) is 14.3. The highest BCUT2D eigenvalue weighted by Gasteiger charge is 2.36. The van der Waals surface area contributed by atoms with E-state index >= 15 is 0 Å². The molecule has 0 aromatic rings. The van der Waals surface area contributed by atoms with Crippen molar-refractivity contribution in [2.24, 2.45) is 11.7 Å². The van der Waals surface area contributed by atoms with Gasteiger partial charge < -0.3 is 20.6 Å². The Labute approximate surface area is 112 Å². The van der Waals surface area contributed by atoms with Crippen molar-refractivity contribution in [1.29, 1.82) is 0 Å². The minimum absolute atomic E-state index is 0.0221. The van der Waals surface area contributed by atoms with Crippen LogP contribution in [0.25, 0.3) is 0 Å². The number of nitrogens with zero attached hydrogens (tertiary/aromatic N) is 2. The van der Waals surface area contributed by atoms with Gasteiger partial charge in [-0.25, -0.2) is 4.79 Å². The van der Waals surface area contributed by atoms with E-state index in [1.165, 1.54) is 9.80 Å². The summed E-state index contributed by atoms with van der Waals surface area (Å²) in [6.45, 7) is 3.70. The fourth-order valence-corrected chi connectivity index (χ4v) is 1.91. The van der Waals surface area contributed by atoms with Crippen molar-refractivity contribution in [2.45, 2.75) is 32.7 Å². The van der Waals surface area contributed by atoms with E-state index in [2.05, 4.69) is 0 Å². The number of primary amides is 1. The van der Waals surface area contributed by atoms with Gasteiger partial charge in [0.05, 0.1) is 0 Å². The molecule has 0 bridgehead atoms. The molecule has 0 aromatic heterocycles. The largest absolute Gasteiger partial charge is 0.480 e. The summed E-state index contributed by atoms with van der Waals surface area (Å²) in [5.74, 6) is -1.47. The fourth-order valence-electron chi connectivity index (χ4n) is 1.91. The van der Waals surface area contributed by atoms with Crippen molar-refractivity contribution in [3.05, 3.63) is 0 Å². The summed E-state index contributed by atoms with van der Waals surface area (Å²) < 4.78 is 0. The van der Waals surface area contributed by atoms with Gasteiger partial charge >= 0.3 is 12.0 Å². The maximum Gasteiger partial charge on any atom is 0.323 e. The van der Waals surface area contributed by atoms with Crippen LogP contribution in [0.1, 0.15) is 26.7 Å². The molecule has 0 saturated heterocycles.